The fourth-order valence-electron chi connectivity index (χ4n) is 2.41. The summed E-state index contributed by atoms with van der Waals surface area (Å²) in [6.07, 6.45) is 1.93. The molecule has 1 aromatic rings. The van der Waals surface area contributed by atoms with Crippen LogP contribution in [0.2, 0.25) is 0 Å². The van der Waals surface area contributed by atoms with E-state index in [9.17, 15) is 4.79 Å². The highest BCUT2D eigenvalue weighted by Gasteiger charge is 2.42. The number of hydrogen-bond donors (Lipinski definition) is 0. The van der Waals surface area contributed by atoms with E-state index in [1.54, 1.807) is 0 Å². The average Bonchev–Trinajstić information content (AvgIpc) is 3.08. The van der Waals surface area contributed by atoms with Gasteiger partial charge >= 0.3 is 0 Å². The topological polar surface area (TPSA) is 32.8 Å². The van der Waals surface area contributed by atoms with Crippen LogP contribution in [-0.2, 0) is 16.1 Å². The van der Waals surface area contributed by atoms with Gasteiger partial charge < -0.3 is 9.64 Å². The Hall–Kier alpha value is -1.35. The lowest BCUT2D eigenvalue weighted by molar-refractivity contribution is -0.129. The summed E-state index contributed by atoms with van der Waals surface area (Å²) in [5.74, 6) is 0.268. The van der Waals surface area contributed by atoms with Crippen LogP contribution in [0, 0.1) is 0 Å². The average molecular weight is 217 g/mol. The van der Waals surface area contributed by atoms with Gasteiger partial charge in [-0.2, -0.15) is 0 Å². The molecule has 2 aliphatic heterocycles. The highest BCUT2D eigenvalue weighted by molar-refractivity contribution is 5.79. The number of ether oxygens (including phenoxy) is 1. The van der Waals surface area contributed by atoms with E-state index in [0.717, 1.165) is 19.6 Å². The van der Waals surface area contributed by atoms with Gasteiger partial charge in [-0.05, 0) is 12.0 Å². The molecule has 0 aliphatic carbocycles. The molecule has 16 heavy (non-hydrogen) atoms. The zero-order valence-corrected chi connectivity index (χ0v) is 9.13. The number of likely N-dealkylation sites (tertiary alicyclic amines) is 1. The molecule has 3 heteroatoms. The van der Waals surface area contributed by atoms with E-state index < -0.39 is 0 Å². The lowest BCUT2D eigenvalue weighted by Gasteiger charge is -2.23. The number of carbonyl (C=O) groups is 1. The summed E-state index contributed by atoms with van der Waals surface area (Å²) < 4.78 is 5.31. The van der Waals surface area contributed by atoms with Crippen LogP contribution in [0.15, 0.2) is 30.3 Å². The van der Waals surface area contributed by atoms with Crippen LogP contribution in [0.3, 0.4) is 0 Å². The fourth-order valence-corrected chi connectivity index (χ4v) is 2.41. The van der Waals surface area contributed by atoms with E-state index in [1.165, 1.54) is 5.56 Å². The van der Waals surface area contributed by atoms with Crippen molar-refractivity contribution in [2.45, 2.75) is 31.5 Å². The molecular weight excluding hydrogens is 202 g/mol. The molecule has 2 saturated heterocycles. The van der Waals surface area contributed by atoms with E-state index >= 15 is 0 Å². The second-order valence-electron chi connectivity index (χ2n) is 4.49. The van der Waals surface area contributed by atoms with Crippen molar-refractivity contribution in [3.8, 4) is 0 Å². The summed E-state index contributed by atoms with van der Waals surface area (Å²) in [5.41, 5.74) is 1.20. The van der Waals surface area contributed by atoms with Gasteiger partial charge in [0.2, 0.25) is 5.91 Å². The van der Waals surface area contributed by atoms with E-state index in [0.29, 0.717) is 18.6 Å². The van der Waals surface area contributed by atoms with E-state index in [1.807, 2.05) is 23.1 Å². The standard InChI is InChI=1S/C13H15NO2/c15-13-7-6-11(12-9-16-12)14(13)8-10-4-2-1-3-5-10/h1-5,11-12H,6-9H2/t11-,12-/m0/s1. The van der Waals surface area contributed by atoms with Gasteiger partial charge in [0.1, 0.15) is 6.10 Å². The quantitative estimate of drug-likeness (QED) is 0.720. The summed E-state index contributed by atoms with van der Waals surface area (Å²) in [7, 11) is 0. The third-order valence-electron chi connectivity index (χ3n) is 3.36. The molecule has 1 amide bonds. The maximum Gasteiger partial charge on any atom is 0.223 e. The molecule has 2 heterocycles. The number of hydrogen-bond acceptors (Lipinski definition) is 2. The van der Waals surface area contributed by atoms with Crippen molar-refractivity contribution in [2.24, 2.45) is 0 Å². The van der Waals surface area contributed by atoms with Crippen molar-refractivity contribution in [3.05, 3.63) is 35.9 Å². The molecule has 84 valence electrons. The normalized spacial score (nSPS) is 28.5. The molecule has 0 radical (unpaired) electrons. The van der Waals surface area contributed by atoms with Gasteiger partial charge in [-0.3, -0.25) is 4.79 Å². The lowest BCUT2D eigenvalue weighted by Crippen LogP contribution is -2.36. The van der Waals surface area contributed by atoms with Gasteiger partial charge in [0.05, 0.1) is 12.6 Å². The van der Waals surface area contributed by atoms with Crippen molar-refractivity contribution in [1.82, 2.24) is 4.90 Å². The highest BCUT2D eigenvalue weighted by Crippen LogP contribution is 2.30. The molecule has 2 fully saturated rings. The van der Waals surface area contributed by atoms with Gasteiger partial charge in [-0.1, -0.05) is 30.3 Å². The van der Waals surface area contributed by atoms with E-state index in [2.05, 4.69) is 12.1 Å². The fraction of sp³-hybridized carbons (Fsp3) is 0.462. The number of epoxide rings is 1. The Balaban J connectivity index is 1.74. The van der Waals surface area contributed by atoms with Crippen LogP contribution in [0.1, 0.15) is 18.4 Å². The molecule has 0 unspecified atom stereocenters. The third kappa shape index (κ3) is 1.83. The second kappa shape index (κ2) is 3.91. The predicted molar refractivity (Wildman–Crippen MR) is 59.8 cm³/mol. The van der Waals surface area contributed by atoms with Crippen LogP contribution in [0.5, 0.6) is 0 Å². The van der Waals surface area contributed by atoms with Gasteiger partial charge in [0.25, 0.3) is 0 Å². The summed E-state index contributed by atoms with van der Waals surface area (Å²) >= 11 is 0. The minimum Gasteiger partial charge on any atom is -0.371 e. The van der Waals surface area contributed by atoms with Crippen molar-refractivity contribution in [1.29, 1.82) is 0 Å². The molecule has 3 rings (SSSR count). The van der Waals surface area contributed by atoms with Crippen LogP contribution in [-0.4, -0.2) is 29.6 Å². The Kier molecular flexibility index (Phi) is 2.40. The van der Waals surface area contributed by atoms with Gasteiger partial charge in [-0.15, -0.1) is 0 Å². The first-order valence-electron chi connectivity index (χ1n) is 5.79. The Morgan fingerprint density at radius 3 is 2.75 bits per heavy atom. The molecule has 3 nitrogen and oxygen atoms in total. The molecule has 0 N–H and O–H groups in total. The molecule has 1 aromatic carbocycles. The summed E-state index contributed by atoms with van der Waals surface area (Å²) in [6.45, 7) is 1.55. The number of carbonyl (C=O) groups excluding carboxylic acids is 1. The van der Waals surface area contributed by atoms with E-state index in [-0.39, 0.29) is 5.91 Å². The highest BCUT2D eigenvalue weighted by atomic mass is 16.6. The van der Waals surface area contributed by atoms with Gasteiger partial charge in [0, 0.05) is 13.0 Å². The minimum atomic E-state index is 0.268. The van der Waals surface area contributed by atoms with Crippen LogP contribution in [0.4, 0.5) is 0 Å². The van der Waals surface area contributed by atoms with Crippen molar-refractivity contribution < 1.29 is 9.53 Å². The smallest absolute Gasteiger partial charge is 0.223 e. The Morgan fingerprint density at radius 2 is 2.06 bits per heavy atom. The first-order chi connectivity index (χ1) is 7.84. The Morgan fingerprint density at radius 1 is 1.31 bits per heavy atom. The molecule has 0 saturated carbocycles. The number of amides is 1. The molecule has 2 aliphatic rings. The SMILES string of the molecule is O=C1CC[C@@H]([C@@H]2CO2)N1Cc1ccccc1. The van der Waals surface area contributed by atoms with Crippen molar-refractivity contribution in [2.75, 3.05) is 6.61 Å². The first kappa shape index (κ1) is 9.85. The summed E-state index contributed by atoms with van der Waals surface area (Å²) in [4.78, 5) is 13.8. The molecule has 2 atom stereocenters. The largest absolute Gasteiger partial charge is 0.371 e. The molecular formula is C13H15NO2. The number of rotatable bonds is 3. The second-order valence-corrected chi connectivity index (χ2v) is 4.49. The van der Waals surface area contributed by atoms with E-state index in [4.69, 9.17) is 4.74 Å². The Bertz CT molecular complexity index is 386. The zero-order valence-electron chi connectivity index (χ0n) is 9.13. The van der Waals surface area contributed by atoms with Crippen LogP contribution in [0.25, 0.3) is 0 Å². The maximum atomic E-state index is 11.8. The molecule has 0 spiro atoms. The lowest BCUT2D eigenvalue weighted by atomic mass is 10.1. The van der Waals surface area contributed by atoms with Gasteiger partial charge in [-0.25, -0.2) is 0 Å². The van der Waals surface area contributed by atoms with Crippen molar-refractivity contribution in [3.63, 3.8) is 0 Å². The number of nitrogens with zero attached hydrogens (tertiary/aromatic N) is 1. The molecule has 0 bridgehead atoms. The third-order valence-corrected chi connectivity index (χ3v) is 3.36. The maximum absolute atomic E-state index is 11.8. The molecule has 0 aromatic heterocycles. The van der Waals surface area contributed by atoms with Crippen LogP contribution < -0.4 is 0 Å². The van der Waals surface area contributed by atoms with Gasteiger partial charge in [0.15, 0.2) is 0 Å². The monoisotopic (exact) mass is 217 g/mol. The summed E-state index contributed by atoms with van der Waals surface area (Å²) in [5, 5.41) is 0. The first-order valence-corrected chi connectivity index (χ1v) is 5.79. The minimum absolute atomic E-state index is 0.268. The predicted octanol–water partition coefficient (Wildman–Crippen LogP) is 1.58. The zero-order chi connectivity index (χ0) is 11.0. The van der Waals surface area contributed by atoms with Crippen LogP contribution >= 0.6 is 0 Å². The summed E-state index contributed by atoms with van der Waals surface area (Å²) in [6, 6.07) is 10.5. The van der Waals surface area contributed by atoms with Crippen molar-refractivity contribution >= 4 is 5.91 Å². The number of benzene rings is 1. The Labute approximate surface area is 95.0 Å².